The number of benzene rings is 2. The van der Waals surface area contributed by atoms with E-state index in [0.29, 0.717) is 17.8 Å². The van der Waals surface area contributed by atoms with E-state index in [1.54, 1.807) is 11.0 Å². The van der Waals surface area contributed by atoms with Crippen LogP contribution in [0.1, 0.15) is 15.9 Å². The van der Waals surface area contributed by atoms with Crippen molar-refractivity contribution in [2.45, 2.75) is 6.42 Å². The van der Waals surface area contributed by atoms with E-state index in [9.17, 15) is 13.6 Å². The van der Waals surface area contributed by atoms with Gasteiger partial charge >= 0.3 is 0 Å². The number of carbonyl (C=O) groups is 1. The van der Waals surface area contributed by atoms with Gasteiger partial charge in [0.15, 0.2) is 0 Å². The number of pyridine rings is 1. The highest BCUT2D eigenvalue weighted by Gasteiger charge is 2.25. The number of nitrogens with zero attached hydrogens (tertiary/aromatic N) is 2. The normalized spacial score (nSPS) is 12.8. The van der Waals surface area contributed by atoms with Crippen LogP contribution in [0.15, 0.2) is 60.9 Å². The standard InChI is InChI=1S/C20H15F2N3O/c21-15-5-6-18(17(22)10-15)24-16-9-14(11-23-12-16)20(26)25-8-7-13-3-1-2-4-19(13)25/h1-6,9-12,24H,7-8H2. The summed E-state index contributed by atoms with van der Waals surface area (Å²) in [5, 5.41) is 2.83. The van der Waals surface area contributed by atoms with E-state index in [1.165, 1.54) is 18.5 Å². The number of rotatable bonds is 3. The van der Waals surface area contributed by atoms with Crippen molar-refractivity contribution in [3.05, 3.63) is 83.7 Å². The Labute approximate surface area is 149 Å². The van der Waals surface area contributed by atoms with Crippen LogP contribution in [-0.4, -0.2) is 17.4 Å². The van der Waals surface area contributed by atoms with Crippen LogP contribution in [0.5, 0.6) is 0 Å². The highest BCUT2D eigenvalue weighted by Crippen LogP contribution is 2.29. The van der Waals surface area contributed by atoms with Gasteiger partial charge in [0.05, 0.1) is 23.1 Å². The number of aromatic nitrogens is 1. The molecule has 0 spiro atoms. The van der Waals surface area contributed by atoms with E-state index in [2.05, 4.69) is 10.3 Å². The largest absolute Gasteiger partial charge is 0.352 e. The number of halogens is 2. The summed E-state index contributed by atoms with van der Waals surface area (Å²) in [5.74, 6) is -1.52. The van der Waals surface area contributed by atoms with E-state index in [0.717, 1.165) is 29.8 Å². The van der Waals surface area contributed by atoms with Crippen molar-refractivity contribution >= 4 is 23.0 Å². The van der Waals surface area contributed by atoms with Crippen LogP contribution in [0.3, 0.4) is 0 Å². The zero-order valence-corrected chi connectivity index (χ0v) is 13.7. The number of carbonyl (C=O) groups excluding carboxylic acids is 1. The van der Waals surface area contributed by atoms with Gasteiger partial charge in [-0.1, -0.05) is 18.2 Å². The minimum absolute atomic E-state index is 0.115. The fourth-order valence-electron chi connectivity index (χ4n) is 3.08. The van der Waals surface area contributed by atoms with E-state index in [-0.39, 0.29) is 11.6 Å². The smallest absolute Gasteiger partial charge is 0.259 e. The fraction of sp³-hybridized carbons (Fsp3) is 0.100. The lowest BCUT2D eigenvalue weighted by molar-refractivity contribution is 0.0989. The molecule has 0 radical (unpaired) electrons. The van der Waals surface area contributed by atoms with Crippen molar-refractivity contribution in [3.8, 4) is 0 Å². The van der Waals surface area contributed by atoms with Crippen molar-refractivity contribution < 1.29 is 13.6 Å². The van der Waals surface area contributed by atoms with E-state index in [4.69, 9.17) is 0 Å². The van der Waals surface area contributed by atoms with Gasteiger partial charge in [0, 0.05) is 24.5 Å². The quantitative estimate of drug-likeness (QED) is 0.765. The van der Waals surface area contributed by atoms with Crippen molar-refractivity contribution in [1.82, 2.24) is 4.98 Å². The second-order valence-electron chi connectivity index (χ2n) is 6.05. The van der Waals surface area contributed by atoms with Gasteiger partial charge in [0.25, 0.3) is 5.91 Å². The maximum absolute atomic E-state index is 13.8. The summed E-state index contributed by atoms with van der Waals surface area (Å²) in [7, 11) is 0. The summed E-state index contributed by atoms with van der Waals surface area (Å²) >= 11 is 0. The minimum atomic E-state index is -0.713. The molecule has 4 rings (SSSR count). The first-order valence-corrected chi connectivity index (χ1v) is 8.19. The molecule has 2 aromatic carbocycles. The molecular formula is C20H15F2N3O. The maximum atomic E-state index is 13.8. The number of anilines is 3. The van der Waals surface area contributed by atoms with Crippen LogP contribution in [0, 0.1) is 11.6 Å². The lowest BCUT2D eigenvalue weighted by Gasteiger charge is -2.17. The lowest BCUT2D eigenvalue weighted by atomic mass is 10.2. The molecule has 0 unspecified atom stereocenters. The minimum Gasteiger partial charge on any atom is -0.352 e. The van der Waals surface area contributed by atoms with Gasteiger partial charge in [-0.2, -0.15) is 0 Å². The van der Waals surface area contributed by atoms with Crippen LogP contribution in [0.4, 0.5) is 25.8 Å². The Kier molecular flexibility index (Phi) is 4.08. The molecule has 26 heavy (non-hydrogen) atoms. The Morgan fingerprint density at radius 1 is 1.08 bits per heavy atom. The highest BCUT2D eigenvalue weighted by atomic mass is 19.1. The first-order valence-electron chi connectivity index (χ1n) is 8.19. The van der Waals surface area contributed by atoms with Crippen LogP contribution >= 0.6 is 0 Å². The molecule has 0 atom stereocenters. The van der Waals surface area contributed by atoms with Gasteiger partial charge < -0.3 is 10.2 Å². The molecule has 0 aliphatic carbocycles. The predicted octanol–water partition coefficient (Wildman–Crippen LogP) is 4.31. The van der Waals surface area contributed by atoms with E-state index < -0.39 is 11.6 Å². The Morgan fingerprint density at radius 3 is 2.77 bits per heavy atom. The van der Waals surface area contributed by atoms with Gasteiger partial charge in [-0.25, -0.2) is 8.78 Å². The predicted molar refractivity (Wildman–Crippen MR) is 95.7 cm³/mol. The molecule has 1 aliphatic rings. The molecule has 0 bridgehead atoms. The first-order chi connectivity index (χ1) is 12.6. The number of hydrogen-bond acceptors (Lipinski definition) is 3. The molecule has 1 aromatic heterocycles. The van der Waals surface area contributed by atoms with Gasteiger partial charge in [-0.3, -0.25) is 9.78 Å². The summed E-state index contributed by atoms with van der Waals surface area (Å²) in [6.45, 7) is 0.614. The topological polar surface area (TPSA) is 45.2 Å². The lowest BCUT2D eigenvalue weighted by Crippen LogP contribution is -2.29. The molecule has 1 N–H and O–H groups in total. The van der Waals surface area contributed by atoms with Crippen LogP contribution in [0.2, 0.25) is 0 Å². The molecule has 1 aliphatic heterocycles. The van der Waals surface area contributed by atoms with Crippen LogP contribution in [-0.2, 0) is 6.42 Å². The highest BCUT2D eigenvalue weighted by molar-refractivity contribution is 6.07. The SMILES string of the molecule is O=C(c1cncc(Nc2ccc(F)cc2F)c1)N1CCc2ccccc21. The number of para-hydroxylation sites is 1. The number of nitrogens with one attached hydrogen (secondary N) is 1. The fourth-order valence-corrected chi connectivity index (χ4v) is 3.08. The molecule has 3 aromatic rings. The second kappa shape index (κ2) is 6.55. The molecule has 0 saturated heterocycles. The van der Waals surface area contributed by atoms with E-state index in [1.807, 2.05) is 24.3 Å². The summed E-state index contributed by atoms with van der Waals surface area (Å²) in [5.41, 5.74) is 3.00. The Bertz CT molecular complexity index is 990. The van der Waals surface area contributed by atoms with E-state index >= 15 is 0 Å². The molecule has 1 amide bonds. The average molecular weight is 351 g/mol. The molecule has 6 heteroatoms. The third-order valence-electron chi connectivity index (χ3n) is 4.33. The number of fused-ring (bicyclic) bond motifs is 1. The number of hydrogen-bond donors (Lipinski definition) is 1. The second-order valence-corrected chi connectivity index (χ2v) is 6.05. The monoisotopic (exact) mass is 351 g/mol. The third-order valence-corrected chi connectivity index (χ3v) is 4.33. The van der Waals surface area contributed by atoms with Gasteiger partial charge in [-0.05, 0) is 36.2 Å². The zero-order valence-electron chi connectivity index (χ0n) is 13.7. The van der Waals surface area contributed by atoms with Crippen molar-refractivity contribution in [2.24, 2.45) is 0 Å². The third kappa shape index (κ3) is 3.01. The Hall–Kier alpha value is -3.28. The molecule has 0 fully saturated rings. The maximum Gasteiger partial charge on any atom is 0.259 e. The van der Waals surface area contributed by atoms with Crippen LogP contribution < -0.4 is 10.2 Å². The molecular weight excluding hydrogens is 336 g/mol. The molecule has 0 saturated carbocycles. The summed E-state index contributed by atoms with van der Waals surface area (Å²) in [6.07, 6.45) is 3.78. The molecule has 4 nitrogen and oxygen atoms in total. The molecule has 130 valence electrons. The van der Waals surface area contributed by atoms with Gasteiger partial charge in [-0.15, -0.1) is 0 Å². The zero-order chi connectivity index (χ0) is 18.1. The van der Waals surface area contributed by atoms with Crippen molar-refractivity contribution in [1.29, 1.82) is 0 Å². The van der Waals surface area contributed by atoms with Gasteiger partial charge in [0.1, 0.15) is 11.6 Å². The van der Waals surface area contributed by atoms with Crippen molar-refractivity contribution in [2.75, 3.05) is 16.8 Å². The van der Waals surface area contributed by atoms with Crippen molar-refractivity contribution in [3.63, 3.8) is 0 Å². The van der Waals surface area contributed by atoms with Crippen LogP contribution in [0.25, 0.3) is 0 Å². The Balaban J connectivity index is 1.59. The summed E-state index contributed by atoms with van der Waals surface area (Å²) < 4.78 is 26.8. The Morgan fingerprint density at radius 2 is 1.92 bits per heavy atom. The van der Waals surface area contributed by atoms with Gasteiger partial charge in [0.2, 0.25) is 0 Å². The number of amides is 1. The molecule has 2 heterocycles. The average Bonchev–Trinajstić information content (AvgIpc) is 3.08. The summed E-state index contributed by atoms with van der Waals surface area (Å²) in [6, 6.07) is 12.7. The summed E-state index contributed by atoms with van der Waals surface area (Å²) in [4.78, 5) is 18.6. The first kappa shape index (κ1) is 16.2.